The van der Waals surface area contributed by atoms with E-state index in [2.05, 4.69) is 14.9 Å². The van der Waals surface area contributed by atoms with Crippen molar-refractivity contribution in [3.63, 3.8) is 0 Å². The van der Waals surface area contributed by atoms with Crippen LogP contribution in [0.2, 0.25) is 0 Å². The molecule has 24 heavy (non-hydrogen) atoms. The van der Waals surface area contributed by atoms with Crippen molar-refractivity contribution in [2.75, 3.05) is 31.3 Å². The highest BCUT2D eigenvalue weighted by atomic mass is 31.2. The first-order valence-electron chi connectivity index (χ1n) is 8.00. The summed E-state index contributed by atoms with van der Waals surface area (Å²) in [5.41, 5.74) is 0.739. The molecule has 1 fully saturated rings. The van der Waals surface area contributed by atoms with E-state index in [1.54, 1.807) is 12.1 Å². The molecule has 0 amide bonds. The topological polar surface area (TPSA) is 98.9 Å². The number of phenols is 1. The van der Waals surface area contributed by atoms with Gasteiger partial charge in [0, 0.05) is 30.7 Å². The van der Waals surface area contributed by atoms with Gasteiger partial charge in [0.1, 0.15) is 12.1 Å². The number of fused-ring (bicyclic) bond motifs is 1. The maximum Gasteiger partial charge on any atom is 0.164 e. The second-order valence-corrected chi connectivity index (χ2v) is 7.25. The number of nitrogens with zero attached hydrogens (tertiary/aromatic N) is 3. The summed E-state index contributed by atoms with van der Waals surface area (Å²) in [6.45, 7) is 1.72. The number of aromatic nitrogens is 2. The molecule has 1 aromatic heterocycles. The van der Waals surface area contributed by atoms with E-state index < -0.39 is 8.38 Å². The van der Waals surface area contributed by atoms with Crippen LogP contribution in [0.4, 0.5) is 5.82 Å². The fourth-order valence-corrected chi connectivity index (χ4v) is 3.80. The second-order valence-electron chi connectivity index (χ2n) is 6.05. The number of hydrogen-bond acceptors (Lipinski definition) is 7. The maximum absolute atomic E-state index is 10.1. The smallest absolute Gasteiger partial charge is 0.164 e. The monoisotopic (exact) mass is 351 g/mol. The maximum atomic E-state index is 10.1. The molecule has 1 aromatic carbocycles. The van der Waals surface area contributed by atoms with E-state index in [1.807, 2.05) is 0 Å². The van der Waals surface area contributed by atoms with Crippen LogP contribution in [-0.2, 0) is 0 Å². The van der Waals surface area contributed by atoms with E-state index in [9.17, 15) is 5.11 Å². The lowest BCUT2D eigenvalue weighted by molar-refractivity contribution is 0.374. The van der Waals surface area contributed by atoms with Gasteiger partial charge in [0.05, 0.1) is 12.6 Å². The Morgan fingerprint density at radius 2 is 2.00 bits per heavy atom. The quantitative estimate of drug-likeness (QED) is 0.711. The molecular weight excluding hydrogens is 329 g/mol. The van der Waals surface area contributed by atoms with Crippen molar-refractivity contribution in [3.05, 3.63) is 18.5 Å². The number of piperidine rings is 1. The largest absolute Gasteiger partial charge is 0.504 e. The van der Waals surface area contributed by atoms with Gasteiger partial charge in [0.25, 0.3) is 0 Å². The Balaban J connectivity index is 1.77. The summed E-state index contributed by atoms with van der Waals surface area (Å²) in [5, 5.41) is 10.9. The van der Waals surface area contributed by atoms with Crippen LogP contribution in [-0.4, -0.2) is 51.2 Å². The molecule has 3 N–H and O–H groups in total. The van der Waals surface area contributed by atoms with Gasteiger partial charge in [-0.05, 0) is 31.2 Å². The third-order valence-electron chi connectivity index (χ3n) is 4.57. The van der Waals surface area contributed by atoms with Gasteiger partial charge in [-0.1, -0.05) is 0 Å². The molecule has 8 heteroatoms. The zero-order valence-electron chi connectivity index (χ0n) is 13.6. The van der Waals surface area contributed by atoms with Gasteiger partial charge < -0.3 is 24.5 Å². The number of hydrogen-bond donors (Lipinski definition) is 3. The van der Waals surface area contributed by atoms with Crippen LogP contribution >= 0.6 is 8.38 Å². The number of aromatic hydroxyl groups is 1. The summed E-state index contributed by atoms with van der Waals surface area (Å²) in [4.78, 5) is 29.0. The zero-order chi connectivity index (χ0) is 17.1. The minimum absolute atomic E-state index is 0.0789. The lowest BCUT2D eigenvalue weighted by Crippen LogP contribution is -2.34. The normalized spacial score (nSPS) is 16.1. The molecule has 2 aromatic rings. The van der Waals surface area contributed by atoms with E-state index in [4.69, 9.17) is 14.5 Å². The number of phenolic OH excluding ortho intramolecular Hbond substituents is 1. The molecular formula is C16H22N3O4P. The van der Waals surface area contributed by atoms with Crippen LogP contribution in [0, 0.1) is 5.92 Å². The predicted molar refractivity (Wildman–Crippen MR) is 93.5 cm³/mol. The molecule has 0 unspecified atom stereocenters. The van der Waals surface area contributed by atoms with Crippen molar-refractivity contribution < 1.29 is 19.6 Å². The molecule has 1 aliphatic rings. The third-order valence-corrected chi connectivity index (χ3v) is 5.22. The molecule has 0 radical (unpaired) electrons. The summed E-state index contributed by atoms with van der Waals surface area (Å²) in [6, 6.07) is 3.37. The molecule has 0 aliphatic carbocycles. The molecule has 1 saturated heterocycles. The average Bonchev–Trinajstić information content (AvgIpc) is 2.59. The fourth-order valence-electron chi connectivity index (χ4n) is 3.21. The van der Waals surface area contributed by atoms with Crippen molar-refractivity contribution in [2.24, 2.45) is 5.92 Å². The van der Waals surface area contributed by atoms with Crippen molar-refractivity contribution in [2.45, 2.75) is 19.3 Å². The highest BCUT2D eigenvalue weighted by molar-refractivity contribution is 7.45. The summed E-state index contributed by atoms with van der Waals surface area (Å²) >= 11 is 0. The molecule has 0 bridgehead atoms. The van der Waals surface area contributed by atoms with Gasteiger partial charge in [-0.2, -0.15) is 0 Å². The van der Waals surface area contributed by atoms with Crippen molar-refractivity contribution >= 4 is 25.1 Å². The first-order valence-corrected chi connectivity index (χ1v) is 9.43. The van der Waals surface area contributed by atoms with Gasteiger partial charge in [0.2, 0.25) is 0 Å². The average molecular weight is 351 g/mol. The summed E-state index contributed by atoms with van der Waals surface area (Å²) < 4.78 is 5.14. The minimum atomic E-state index is -1.79. The van der Waals surface area contributed by atoms with Gasteiger partial charge in [-0.15, -0.1) is 0 Å². The summed E-state index contributed by atoms with van der Waals surface area (Å²) in [7, 11) is -0.274. The molecule has 1 aliphatic heterocycles. The van der Waals surface area contributed by atoms with Gasteiger partial charge in [-0.3, -0.25) is 0 Å². The lowest BCUT2D eigenvalue weighted by atomic mass is 9.94. The Labute approximate surface area is 141 Å². The molecule has 0 saturated carbocycles. The van der Waals surface area contributed by atoms with Crippen molar-refractivity contribution in [1.29, 1.82) is 0 Å². The SMILES string of the molecule is COc1cc2ncnc(N3CCC(CCP(O)O)CC3)c2cc1O. The van der Waals surface area contributed by atoms with Gasteiger partial charge in [-0.25, -0.2) is 9.97 Å². The Morgan fingerprint density at radius 1 is 1.25 bits per heavy atom. The predicted octanol–water partition coefficient (Wildman–Crippen LogP) is 2.25. The van der Waals surface area contributed by atoms with Crippen LogP contribution in [0.5, 0.6) is 11.5 Å². The van der Waals surface area contributed by atoms with Gasteiger partial charge in [0.15, 0.2) is 19.9 Å². The highest BCUT2D eigenvalue weighted by Gasteiger charge is 2.22. The number of methoxy groups -OCH3 is 1. The van der Waals surface area contributed by atoms with Crippen LogP contribution in [0.15, 0.2) is 18.5 Å². The van der Waals surface area contributed by atoms with Crippen LogP contribution in [0.1, 0.15) is 19.3 Å². The van der Waals surface area contributed by atoms with Gasteiger partial charge >= 0.3 is 0 Å². The molecule has 130 valence electrons. The first kappa shape index (κ1) is 17.1. The van der Waals surface area contributed by atoms with Crippen molar-refractivity contribution in [3.8, 4) is 11.5 Å². The van der Waals surface area contributed by atoms with E-state index in [1.165, 1.54) is 13.4 Å². The van der Waals surface area contributed by atoms with E-state index in [0.717, 1.165) is 49.1 Å². The van der Waals surface area contributed by atoms with Crippen LogP contribution in [0.25, 0.3) is 10.9 Å². The Morgan fingerprint density at radius 3 is 2.67 bits per heavy atom. The summed E-state index contributed by atoms with van der Waals surface area (Å²) in [5.74, 6) is 1.82. The molecule has 0 spiro atoms. The number of ether oxygens (including phenoxy) is 1. The van der Waals surface area contributed by atoms with E-state index in [-0.39, 0.29) is 5.75 Å². The standard InChI is InChI=1S/C16H22N3O4P/c1-23-15-9-13-12(8-14(15)20)16(18-10-17-13)19-5-2-11(3-6-19)4-7-24(21)22/h8-11,20-22H,2-7H2,1H3. The minimum Gasteiger partial charge on any atom is -0.504 e. The molecule has 3 rings (SSSR count). The third kappa shape index (κ3) is 3.69. The van der Waals surface area contributed by atoms with Crippen LogP contribution in [0.3, 0.4) is 0 Å². The molecule has 7 nitrogen and oxygen atoms in total. The number of rotatable bonds is 5. The fraction of sp³-hybridized carbons (Fsp3) is 0.500. The zero-order valence-corrected chi connectivity index (χ0v) is 14.5. The first-order chi connectivity index (χ1) is 11.6. The number of benzene rings is 1. The van der Waals surface area contributed by atoms with E-state index >= 15 is 0 Å². The molecule has 0 atom stereocenters. The van der Waals surface area contributed by atoms with Crippen molar-refractivity contribution in [1.82, 2.24) is 9.97 Å². The number of anilines is 1. The Bertz CT molecular complexity index is 705. The second kappa shape index (κ2) is 7.47. The molecule has 2 heterocycles. The highest BCUT2D eigenvalue weighted by Crippen LogP contribution is 2.36. The van der Waals surface area contributed by atoms with Crippen LogP contribution < -0.4 is 9.64 Å². The summed E-state index contributed by atoms with van der Waals surface area (Å²) in [6.07, 6.45) is 4.87. The lowest BCUT2D eigenvalue weighted by Gasteiger charge is -2.33. The Hall–Kier alpha value is -1.69. The van der Waals surface area contributed by atoms with E-state index in [0.29, 0.717) is 17.8 Å². The Kier molecular flexibility index (Phi) is 5.33.